The highest BCUT2D eigenvalue weighted by molar-refractivity contribution is 4.60. The molecule has 0 amide bonds. The lowest BCUT2D eigenvalue weighted by atomic mass is 9.98. The van der Waals surface area contributed by atoms with Crippen LogP contribution in [0.3, 0.4) is 0 Å². The van der Waals surface area contributed by atoms with Gasteiger partial charge in [0, 0.05) is 0 Å². The van der Waals surface area contributed by atoms with Gasteiger partial charge in [0.15, 0.2) is 0 Å². The number of rotatable bonds is 9. The fourth-order valence-corrected chi connectivity index (χ4v) is 1.62. The summed E-state index contributed by atoms with van der Waals surface area (Å²) in [5.41, 5.74) is 0. The van der Waals surface area contributed by atoms with Crippen LogP contribution in [0.4, 0.5) is 0 Å². The maximum Gasteiger partial charge on any atom is -0.00206 e. The van der Waals surface area contributed by atoms with Gasteiger partial charge in [0.25, 0.3) is 0 Å². The van der Waals surface area contributed by atoms with Crippen LogP contribution in [0.1, 0.15) is 59.3 Å². The zero-order valence-corrected chi connectivity index (χ0v) is 9.73. The summed E-state index contributed by atoms with van der Waals surface area (Å²) in [6.45, 7) is 9.23. The van der Waals surface area contributed by atoms with E-state index in [-0.39, 0.29) is 0 Å². The van der Waals surface area contributed by atoms with Crippen molar-refractivity contribution in [1.29, 1.82) is 0 Å². The molecule has 0 rings (SSSR count). The standard InChI is InChI=1S/C12H27N/c1-4-7-8-9-12(6-3)11-13-10-5-2/h12-13H,4-11H2,1-3H3. The van der Waals surface area contributed by atoms with Crippen LogP contribution in [0.2, 0.25) is 0 Å². The summed E-state index contributed by atoms with van der Waals surface area (Å²) >= 11 is 0. The molecular formula is C12H27N. The van der Waals surface area contributed by atoms with Crippen molar-refractivity contribution in [3.63, 3.8) is 0 Å². The molecule has 0 aromatic rings. The van der Waals surface area contributed by atoms with Crippen molar-refractivity contribution in [3.8, 4) is 0 Å². The Hall–Kier alpha value is -0.0400. The van der Waals surface area contributed by atoms with Gasteiger partial charge in [0.1, 0.15) is 0 Å². The molecule has 0 aliphatic carbocycles. The van der Waals surface area contributed by atoms with Crippen LogP contribution < -0.4 is 5.32 Å². The van der Waals surface area contributed by atoms with E-state index in [0.29, 0.717) is 0 Å². The highest BCUT2D eigenvalue weighted by Crippen LogP contribution is 2.12. The van der Waals surface area contributed by atoms with Crippen LogP contribution in [-0.4, -0.2) is 13.1 Å². The summed E-state index contributed by atoms with van der Waals surface area (Å²) in [7, 11) is 0. The third kappa shape index (κ3) is 8.29. The zero-order chi connectivity index (χ0) is 9.94. The quantitative estimate of drug-likeness (QED) is 0.541. The molecule has 0 saturated carbocycles. The second-order valence-electron chi connectivity index (χ2n) is 3.97. The minimum absolute atomic E-state index is 0.915. The van der Waals surface area contributed by atoms with E-state index in [1.807, 2.05) is 0 Å². The van der Waals surface area contributed by atoms with Gasteiger partial charge in [-0.3, -0.25) is 0 Å². The molecule has 0 aliphatic heterocycles. The molecule has 0 aromatic carbocycles. The molecule has 0 saturated heterocycles. The lowest BCUT2D eigenvalue weighted by Crippen LogP contribution is -2.23. The second kappa shape index (κ2) is 10.0. The molecule has 80 valence electrons. The molecule has 0 spiro atoms. The molecule has 0 aliphatic rings. The molecule has 1 nitrogen and oxygen atoms in total. The monoisotopic (exact) mass is 185 g/mol. The van der Waals surface area contributed by atoms with E-state index in [4.69, 9.17) is 0 Å². The number of hydrogen-bond acceptors (Lipinski definition) is 1. The van der Waals surface area contributed by atoms with Gasteiger partial charge in [0.05, 0.1) is 0 Å². The van der Waals surface area contributed by atoms with Crippen molar-refractivity contribution < 1.29 is 0 Å². The Morgan fingerprint density at radius 2 is 1.77 bits per heavy atom. The largest absolute Gasteiger partial charge is 0.316 e. The molecular weight excluding hydrogens is 158 g/mol. The van der Waals surface area contributed by atoms with Crippen molar-refractivity contribution in [1.82, 2.24) is 5.32 Å². The first-order chi connectivity index (χ1) is 6.35. The SMILES string of the molecule is CCCCCC(CC)CNCCC. The van der Waals surface area contributed by atoms with E-state index < -0.39 is 0 Å². The number of unbranched alkanes of at least 4 members (excludes halogenated alkanes) is 2. The lowest BCUT2D eigenvalue weighted by Gasteiger charge is -2.14. The van der Waals surface area contributed by atoms with Crippen molar-refractivity contribution in [2.24, 2.45) is 5.92 Å². The number of hydrogen-bond donors (Lipinski definition) is 1. The summed E-state index contributed by atoms with van der Waals surface area (Å²) in [6, 6.07) is 0. The van der Waals surface area contributed by atoms with Crippen molar-refractivity contribution in [3.05, 3.63) is 0 Å². The van der Waals surface area contributed by atoms with E-state index in [1.54, 1.807) is 0 Å². The third-order valence-corrected chi connectivity index (χ3v) is 2.65. The summed E-state index contributed by atoms with van der Waals surface area (Å²) in [5, 5.41) is 3.51. The first-order valence-corrected chi connectivity index (χ1v) is 6.05. The molecule has 1 atom stereocenters. The summed E-state index contributed by atoms with van der Waals surface area (Å²) in [6.07, 6.45) is 8.18. The fourth-order valence-electron chi connectivity index (χ4n) is 1.62. The van der Waals surface area contributed by atoms with Gasteiger partial charge in [-0.1, -0.05) is 46.5 Å². The molecule has 0 bridgehead atoms. The normalized spacial score (nSPS) is 13.2. The topological polar surface area (TPSA) is 12.0 Å². The highest BCUT2D eigenvalue weighted by atomic mass is 14.8. The van der Waals surface area contributed by atoms with E-state index in [2.05, 4.69) is 26.1 Å². The summed E-state index contributed by atoms with van der Waals surface area (Å²) in [4.78, 5) is 0. The molecule has 0 fully saturated rings. The minimum atomic E-state index is 0.915. The zero-order valence-electron chi connectivity index (χ0n) is 9.73. The van der Waals surface area contributed by atoms with Crippen LogP contribution in [0.15, 0.2) is 0 Å². The molecule has 0 aromatic heterocycles. The molecule has 0 radical (unpaired) electrons. The van der Waals surface area contributed by atoms with Crippen molar-refractivity contribution in [2.45, 2.75) is 59.3 Å². The van der Waals surface area contributed by atoms with Gasteiger partial charge in [-0.15, -0.1) is 0 Å². The predicted octanol–water partition coefficient (Wildman–Crippen LogP) is 3.59. The minimum Gasteiger partial charge on any atom is -0.316 e. The van der Waals surface area contributed by atoms with E-state index in [1.165, 1.54) is 51.6 Å². The Kier molecular flexibility index (Phi) is 10.0. The Labute approximate surface area is 84.3 Å². The first-order valence-electron chi connectivity index (χ1n) is 6.05. The van der Waals surface area contributed by atoms with Crippen LogP contribution in [0.5, 0.6) is 0 Å². The van der Waals surface area contributed by atoms with Gasteiger partial charge in [-0.2, -0.15) is 0 Å². The second-order valence-corrected chi connectivity index (χ2v) is 3.97. The lowest BCUT2D eigenvalue weighted by molar-refractivity contribution is 0.415. The van der Waals surface area contributed by atoms with Gasteiger partial charge >= 0.3 is 0 Å². The average molecular weight is 185 g/mol. The number of nitrogens with one attached hydrogen (secondary N) is 1. The maximum absolute atomic E-state index is 3.51. The molecule has 1 N–H and O–H groups in total. The highest BCUT2D eigenvalue weighted by Gasteiger charge is 2.04. The van der Waals surface area contributed by atoms with Crippen LogP contribution in [0.25, 0.3) is 0 Å². The third-order valence-electron chi connectivity index (χ3n) is 2.65. The van der Waals surface area contributed by atoms with E-state index in [0.717, 1.165) is 5.92 Å². The molecule has 1 unspecified atom stereocenters. The maximum atomic E-state index is 3.51. The van der Waals surface area contributed by atoms with Crippen LogP contribution in [-0.2, 0) is 0 Å². The van der Waals surface area contributed by atoms with Gasteiger partial charge in [-0.05, 0) is 31.8 Å². The predicted molar refractivity (Wildman–Crippen MR) is 61.1 cm³/mol. The molecule has 1 heteroatoms. The van der Waals surface area contributed by atoms with Crippen LogP contribution in [0, 0.1) is 5.92 Å². The van der Waals surface area contributed by atoms with Gasteiger partial charge in [0.2, 0.25) is 0 Å². The summed E-state index contributed by atoms with van der Waals surface area (Å²) in [5.74, 6) is 0.915. The van der Waals surface area contributed by atoms with Crippen molar-refractivity contribution in [2.75, 3.05) is 13.1 Å². The molecule has 0 heterocycles. The van der Waals surface area contributed by atoms with Gasteiger partial charge in [-0.25, -0.2) is 0 Å². The first kappa shape index (κ1) is 13.0. The fraction of sp³-hybridized carbons (Fsp3) is 1.00. The summed E-state index contributed by atoms with van der Waals surface area (Å²) < 4.78 is 0. The van der Waals surface area contributed by atoms with Crippen molar-refractivity contribution >= 4 is 0 Å². The Balaban J connectivity index is 3.28. The van der Waals surface area contributed by atoms with E-state index in [9.17, 15) is 0 Å². The Morgan fingerprint density at radius 1 is 1.00 bits per heavy atom. The van der Waals surface area contributed by atoms with E-state index >= 15 is 0 Å². The Morgan fingerprint density at radius 3 is 2.31 bits per heavy atom. The average Bonchev–Trinajstić information content (AvgIpc) is 2.16. The Bertz CT molecular complexity index is 81.1. The smallest absolute Gasteiger partial charge is 0.00206 e. The van der Waals surface area contributed by atoms with Gasteiger partial charge < -0.3 is 5.32 Å². The molecule has 13 heavy (non-hydrogen) atoms. The van der Waals surface area contributed by atoms with Crippen LogP contribution >= 0.6 is 0 Å².